The van der Waals surface area contributed by atoms with Crippen LogP contribution in [0, 0.1) is 5.92 Å². The molecule has 2 saturated heterocycles. The number of hydrogen-bond donors (Lipinski definition) is 3. The Morgan fingerprint density at radius 3 is 2.25 bits per heavy atom. The number of rotatable bonds is 9. The maximum absolute atomic E-state index is 13.5. The minimum Gasteiger partial charge on any atom is -0.467 e. The minimum absolute atomic E-state index is 0.186. The van der Waals surface area contributed by atoms with E-state index in [4.69, 9.17) is 23.7 Å². The molecule has 1 aromatic rings. The third-order valence-corrected chi connectivity index (χ3v) is 6.32. The fourth-order valence-electron chi connectivity index (χ4n) is 4.55. The van der Waals surface area contributed by atoms with E-state index in [1.165, 1.54) is 7.11 Å². The van der Waals surface area contributed by atoms with Crippen molar-refractivity contribution in [2.45, 2.75) is 103 Å². The van der Waals surface area contributed by atoms with Gasteiger partial charge in [-0.2, -0.15) is 0 Å². The molecule has 2 fully saturated rings. The first-order chi connectivity index (χ1) is 18.6. The number of fused-ring (bicyclic) bond motifs is 1. The van der Waals surface area contributed by atoms with Crippen LogP contribution in [0.2, 0.25) is 0 Å². The Balaban J connectivity index is 1.80. The number of hydrogen-bond acceptors (Lipinski definition) is 9. The maximum Gasteiger partial charge on any atom is 0.408 e. The summed E-state index contributed by atoms with van der Waals surface area (Å²) in [6.45, 7) is 12.1. The summed E-state index contributed by atoms with van der Waals surface area (Å²) in [5, 5.41) is 8.11. The van der Waals surface area contributed by atoms with Crippen LogP contribution >= 0.6 is 0 Å². The van der Waals surface area contributed by atoms with Crippen molar-refractivity contribution in [3.05, 3.63) is 35.9 Å². The number of carbonyl (C=O) groups excluding carboxylic acids is 4. The Hall–Kier alpha value is -3.22. The van der Waals surface area contributed by atoms with Gasteiger partial charge in [-0.1, -0.05) is 44.2 Å². The second kappa shape index (κ2) is 12.5. The van der Waals surface area contributed by atoms with Gasteiger partial charge in [0.05, 0.1) is 13.2 Å². The molecule has 1 aromatic carbocycles. The first-order valence-corrected chi connectivity index (χ1v) is 13.3. The van der Waals surface area contributed by atoms with Crippen molar-refractivity contribution in [3.8, 4) is 0 Å². The number of amides is 3. The second-order valence-electron chi connectivity index (χ2n) is 11.7. The fourth-order valence-corrected chi connectivity index (χ4v) is 4.55. The molecule has 0 saturated carbocycles. The molecule has 40 heavy (non-hydrogen) atoms. The lowest BCUT2D eigenvalue weighted by Crippen LogP contribution is -2.59. The van der Waals surface area contributed by atoms with Crippen LogP contribution in [0.3, 0.4) is 0 Å². The number of benzene rings is 1. The quantitative estimate of drug-likeness (QED) is 0.382. The predicted octanol–water partition coefficient (Wildman–Crippen LogP) is 1.80. The van der Waals surface area contributed by atoms with Crippen LogP contribution < -0.4 is 16.0 Å². The van der Waals surface area contributed by atoms with Crippen LogP contribution in [-0.2, 0) is 44.5 Å². The molecule has 3 amide bonds. The lowest BCUT2D eigenvalue weighted by Gasteiger charge is -2.30. The molecule has 0 bridgehead atoms. The van der Waals surface area contributed by atoms with Crippen LogP contribution in [0.15, 0.2) is 30.3 Å². The summed E-state index contributed by atoms with van der Waals surface area (Å²) in [6, 6.07) is 6.18. The highest BCUT2D eigenvalue weighted by molar-refractivity contribution is 5.90. The van der Waals surface area contributed by atoms with Crippen LogP contribution in [-0.4, -0.2) is 79.0 Å². The van der Waals surface area contributed by atoms with Crippen molar-refractivity contribution in [1.82, 2.24) is 16.0 Å². The van der Waals surface area contributed by atoms with E-state index >= 15 is 0 Å². The predicted molar refractivity (Wildman–Crippen MR) is 143 cm³/mol. The van der Waals surface area contributed by atoms with Gasteiger partial charge in [-0.25, -0.2) is 9.59 Å². The maximum atomic E-state index is 13.5. The molecule has 6 atom stereocenters. The smallest absolute Gasteiger partial charge is 0.408 e. The van der Waals surface area contributed by atoms with Crippen LogP contribution in [0.5, 0.6) is 0 Å². The molecular formula is C28H41N3O9. The van der Waals surface area contributed by atoms with E-state index in [0.717, 1.165) is 5.56 Å². The molecule has 2 aliphatic heterocycles. The Labute approximate surface area is 234 Å². The molecule has 2 aliphatic rings. The van der Waals surface area contributed by atoms with Crippen molar-refractivity contribution in [1.29, 1.82) is 0 Å². The highest BCUT2D eigenvalue weighted by Gasteiger charge is 2.57. The van der Waals surface area contributed by atoms with E-state index in [2.05, 4.69) is 16.0 Å². The SMILES string of the molecule is COC(=O)[C@@H](Cc1ccccc1)NC(=O)[C@H]1O[C@@H]2OC(C)(C)O[C@@H]2[C@H]1NC(=O)[C@H](NC(=O)OC(C)(C)C)C(C)C. The van der Waals surface area contributed by atoms with Gasteiger partial charge in [-0.05, 0) is 46.1 Å². The monoisotopic (exact) mass is 563 g/mol. The lowest BCUT2D eigenvalue weighted by molar-refractivity contribution is -0.208. The zero-order chi connectivity index (χ0) is 29.8. The Kier molecular flexibility index (Phi) is 9.81. The third-order valence-electron chi connectivity index (χ3n) is 6.32. The number of nitrogens with one attached hydrogen (secondary N) is 3. The standard InChI is InChI=1S/C28H41N3O9/c1-15(2)18(31-26(35)40-27(3,4)5)22(32)30-19-20(37-25-21(19)38-28(6,7)39-25)23(33)29-17(24(34)36-8)14-16-12-10-9-11-13-16/h9-13,15,17-21,25H,14H2,1-8H3,(H,29,33)(H,30,32)(H,31,35)/t17-,18-,19+,20+,21-,25-/m1/s1. The Morgan fingerprint density at radius 2 is 1.68 bits per heavy atom. The lowest BCUT2D eigenvalue weighted by atomic mass is 10.0. The number of carbonyl (C=O) groups is 4. The third kappa shape index (κ3) is 8.15. The molecule has 0 aliphatic carbocycles. The Bertz CT molecular complexity index is 1070. The van der Waals surface area contributed by atoms with Crippen LogP contribution in [0.25, 0.3) is 0 Å². The number of alkyl carbamates (subject to hydrolysis) is 1. The molecule has 0 radical (unpaired) electrons. The number of methoxy groups -OCH3 is 1. The molecule has 0 aromatic heterocycles. The summed E-state index contributed by atoms with van der Waals surface area (Å²) >= 11 is 0. The zero-order valence-corrected chi connectivity index (χ0v) is 24.3. The van der Waals surface area contributed by atoms with Crippen molar-refractivity contribution in [2.24, 2.45) is 5.92 Å². The van der Waals surface area contributed by atoms with Crippen molar-refractivity contribution in [2.75, 3.05) is 7.11 Å². The summed E-state index contributed by atoms with van der Waals surface area (Å²) in [5.74, 6) is -3.18. The van der Waals surface area contributed by atoms with Crippen LogP contribution in [0.4, 0.5) is 4.79 Å². The summed E-state index contributed by atoms with van der Waals surface area (Å²) in [6.07, 6.45) is -3.59. The molecule has 12 nitrogen and oxygen atoms in total. The second-order valence-corrected chi connectivity index (χ2v) is 11.7. The molecule has 3 N–H and O–H groups in total. The summed E-state index contributed by atoms with van der Waals surface area (Å²) < 4.78 is 27.9. The van der Waals surface area contributed by atoms with E-state index in [1.807, 2.05) is 30.3 Å². The minimum atomic E-state index is -1.26. The zero-order valence-electron chi connectivity index (χ0n) is 24.3. The molecule has 3 rings (SSSR count). The number of ether oxygens (including phenoxy) is 5. The van der Waals surface area contributed by atoms with E-state index < -0.39 is 71.9 Å². The summed E-state index contributed by atoms with van der Waals surface area (Å²) in [4.78, 5) is 51.9. The average Bonchev–Trinajstić information content (AvgIpc) is 3.32. The first-order valence-electron chi connectivity index (χ1n) is 13.3. The highest BCUT2D eigenvalue weighted by Crippen LogP contribution is 2.37. The van der Waals surface area contributed by atoms with E-state index in [0.29, 0.717) is 0 Å². The number of esters is 1. The van der Waals surface area contributed by atoms with E-state index in [-0.39, 0.29) is 12.3 Å². The van der Waals surface area contributed by atoms with Crippen molar-refractivity contribution >= 4 is 23.9 Å². The largest absolute Gasteiger partial charge is 0.467 e. The summed E-state index contributed by atoms with van der Waals surface area (Å²) in [5.41, 5.74) is 0.0580. The van der Waals surface area contributed by atoms with Gasteiger partial charge in [0.25, 0.3) is 5.91 Å². The molecule has 2 heterocycles. The van der Waals surface area contributed by atoms with Gasteiger partial charge in [-0.3, -0.25) is 9.59 Å². The van der Waals surface area contributed by atoms with Gasteiger partial charge >= 0.3 is 12.1 Å². The van der Waals surface area contributed by atoms with Crippen molar-refractivity contribution < 1.29 is 42.9 Å². The fraction of sp³-hybridized carbons (Fsp3) is 0.643. The van der Waals surface area contributed by atoms with Crippen LogP contribution in [0.1, 0.15) is 54.0 Å². The van der Waals surface area contributed by atoms with Gasteiger partial charge < -0.3 is 39.6 Å². The van der Waals surface area contributed by atoms with E-state index in [1.54, 1.807) is 48.5 Å². The molecular weight excluding hydrogens is 522 g/mol. The molecule has 0 unspecified atom stereocenters. The van der Waals surface area contributed by atoms with E-state index in [9.17, 15) is 19.2 Å². The topological polar surface area (TPSA) is 151 Å². The molecule has 12 heteroatoms. The van der Waals surface area contributed by atoms with Gasteiger partial charge in [0, 0.05) is 6.42 Å². The molecule has 222 valence electrons. The normalized spacial score (nSPS) is 24.9. The van der Waals surface area contributed by atoms with Gasteiger partial charge in [0.2, 0.25) is 5.91 Å². The van der Waals surface area contributed by atoms with Gasteiger partial charge in [0.1, 0.15) is 23.8 Å². The summed E-state index contributed by atoms with van der Waals surface area (Å²) in [7, 11) is 1.24. The Morgan fingerprint density at radius 1 is 1.02 bits per heavy atom. The first kappa shape index (κ1) is 31.3. The average molecular weight is 564 g/mol. The van der Waals surface area contributed by atoms with Crippen molar-refractivity contribution in [3.63, 3.8) is 0 Å². The van der Waals surface area contributed by atoms with Gasteiger partial charge in [-0.15, -0.1) is 0 Å². The van der Waals surface area contributed by atoms with Gasteiger partial charge in [0.15, 0.2) is 18.2 Å². The highest BCUT2D eigenvalue weighted by atomic mass is 16.8. The molecule has 0 spiro atoms.